The summed E-state index contributed by atoms with van der Waals surface area (Å²) >= 11 is 6.17. The quantitative estimate of drug-likeness (QED) is 0.797. The third-order valence-electron chi connectivity index (χ3n) is 4.90. The summed E-state index contributed by atoms with van der Waals surface area (Å²) in [6, 6.07) is 11.8. The Morgan fingerprint density at radius 2 is 1.79 bits per heavy atom. The molecule has 6 nitrogen and oxygen atoms in total. The highest BCUT2D eigenvalue weighted by molar-refractivity contribution is 7.89. The van der Waals surface area contributed by atoms with E-state index in [4.69, 9.17) is 16.3 Å². The van der Waals surface area contributed by atoms with Crippen molar-refractivity contribution >= 4 is 33.2 Å². The summed E-state index contributed by atoms with van der Waals surface area (Å²) in [6.45, 7) is 2.53. The van der Waals surface area contributed by atoms with Gasteiger partial charge in [0, 0.05) is 19.0 Å². The van der Waals surface area contributed by atoms with Crippen molar-refractivity contribution in [1.29, 1.82) is 0 Å². The lowest BCUT2D eigenvalue weighted by Crippen LogP contribution is -2.41. The molecule has 0 radical (unpaired) electrons. The van der Waals surface area contributed by atoms with Crippen LogP contribution >= 0.6 is 11.6 Å². The Bertz CT molecular complexity index is 953. The van der Waals surface area contributed by atoms with Crippen molar-refractivity contribution in [3.05, 3.63) is 53.1 Å². The average molecular weight is 423 g/mol. The van der Waals surface area contributed by atoms with Gasteiger partial charge in [-0.05, 0) is 61.7 Å². The normalized spacial score (nSPS) is 16.0. The minimum absolute atomic E-state index is 0.132. The van der Waals surface area contributed by atoms with Gasteiger partial charge in [-0.2, -0.15) is 4.31 Å². The van der Waals surface area contributed by atoms with Gasteiger partial charge in [-0.3, -0.25) is 4.79 Å². The molecule has 1 saturated heterocycles. The summed E-state index contributed by atoms with van der Waals surface area (Å²) in [6.07, 6.45) is 0.926. The monoisotopic (exact) mass is 422 g/mol. The first-order valence-corrected chi connectivity index (χ1v) is 10.8. The number of methoxy groups -OCH3 is 1. The number of halogens is 1. The number of anilines is 1. The molecule has 150 valence electrons. The number of aryl methyl sites for hydroxylation is 1. The molecule has 1 aliphatic rings. The van der Waals surface area contributed by atoms with E-state index in [1.54, 1.807) is 24.3 Å². The number of amides is 1. The van der Waals surface area contributed by atoms with Crippen LogP contribution in [0.2, 0.25) is 5.02 Å². The van der Waals surface area contributed by atoms with Crippen molar-refractivity contribution < 1.29 is 17.9 Å². The minimum atomic E-state index is -3.58. The molecule has 1 aliphatic heterocycles. The van der Waals surface area contributed by atoms with E-state index >= 15 is 0 Å². The van der Waals surface area contributed by atoms with Crippen LogP contribution in [0.15, 0.2) is 47.4 Å². The van der Waals surface area contributed by atoms with Crippen LogP contribution in [0.3, 0.4) is 0 Å². The SMILES string of the molecule is COc1ccc(S(=O)(=O)N2CCC(C(=O)Nc3ccc(C)cc3Cl)CC2)cc1. The molecule has 0 bridgehead atoms. The predicted octanol–water partition coefficient (Wildman–Crippen LogP) is 3.70. The maximum absolute atomic E-state index is 12.8. The van der Waals surface area contributed by atoms with Crippen LogP contribution in [0.5, 0.6) is 5.75 Å². The van der Waals surface area contributed by atoms with Crippen LogP contribution in [0, 0.1) is 12.8 Å². The van der Waals surface area contributed by atoms with E-state index in [0.717, 1.165) is 5.56 Å². The third kappa shape index (κ3) is 4.48. The summed E-state index contributed by atoms with van der Waals surface area (Å²) in [7, 11) is -2.05. The van der Waals surface area contributed by atoms with Gasteiger partial charge in [0.1, 0.15) is 5.75 Å². The van der Waals surface area contributed by atoms with E-state index in [2.05, 4.69) is 5.32 Å². The lowest BCUT2D eigenvalue weighted by Gasteiger charge is -2.30. The summed E-state index contributed by atoms with van der Waals surface area (Å²) in [4.78, 5) is 12.8. The number of hydrogen-bond acceptors (Lipinski definition) is 4. The van der Waals surface area contributed by atoms with Gasteiger partial charge < -0.3 is 10.1 Å². The first-order chi connectivity index (χ1) is 13.3. The molecule has 1 fully saturated rings. The Kier molecular flexibility index (Phi) is 6.27. The van der Waals surface area contributed by atoms with Crippen LogP contribution in [-0.4, -0.2) is 38.8 Å². The molecule has 8 heteroatoms. The Labute approximate surface area is 170 Å². The first-order valence-electron chi connectivity index (χ1n) is 9.02. The molecule has 2 aromatic carbocycles. The van der Waals surface area contributed by atoms with Crippen molar-refractivity contribution in [3.63, 3.8) is 0 Å². The number of sulfonamides is 1. The number of nitrogens with zero attached hydrogens (tertiary/aromatic N) is 1. The first kappa shape index (κ1) is 20.6. The van der Waals surface area contributed by atoms with E-state index in [1.807, 2.05) is 13.0 Å². The van der Waals surface area contributed by atoms with Crippen molar-refractivity contribution in [2.45, 2.75) is 24.7 Å². The second-order valence-electron chi connectivity index (χ2n) is 6.83. The zero-order valence-electron chi connectivity index (χ0n) is 15.8. The summed E-state index contributed by atoms with van der Waals surface area (Å²) in [5.74, 6) is 0.219. The predicted molar refractivity (Wildman–Crippen MR) is 109 cm³/mol. The van der Waals surface area contributed by atoms with E-state index in [-0.39, 0.29) is 16.7 Å². The standard InChI is InChI=1S/C20H23ClN2O4S/c1-14-3-8-19(18(21)13-14)22-20(24)15-9-11-23(12-10-15)28(25,26)17-6-4-16(27-2)5-7-17/h3-8,13,15H,9-12H2,1-2H3,(H,22,24). The zero-order valence-corrected chi connectivity index (χ0v) is 17.4. The summed E-state index contributed by atoms with van der Waals surface area (Å²) in [5.41, 5.74) is 1.59. The Hall–Kier alpha value is -2.09. The highest BCUT2D eigenvalue weighted by Gasteiger charge is 2.32. The van der Waals surface area contributed by atoms with Gasteiger partial charge in [-0.1, -0.05) is 17.7 Å². The fraction of sp³-hybridized carbons (Fsp3) is 0.350. The molecule has 1 amide bonds. The molecule has 0 unspecified atom stereocenters. The Balaban J connectivity index is 1.62. The highest BCUT2D eigenvalue weighted by atomic mass is 35.5. The van der Waals surface area contributed by atoms with Crippen LogP contribution in [0.25, 0.3) is 0 Å². The third-order valence-corrected chi connectivity index (χ3v) is 7.13. The molecule has 1 N–H and O–H groups in total. The van der Waals surface area contributed by atoms with Crippen LogP contribution in [-0.2, 0) is 14.8 Å². The smallest absolute Gasteiger partial charge is 0.243 e. The summed E-state index contributed by atoms with van der Waals surface area (Å²) < 4.78 is 32.1. The van der Waals surface area contributed by atoms with Gasteiger partial charge in [0.2, 0.25) is 15.9 Å². The molecule has 0 aliphatic carbocycles. The molecule has 2 aromatic rings. The second-order valence-corrected chi connectivity index (χ2v) is 9.17. The topological polar surface area (TPSA) is 75.7 Å². The van der Waals surface area contributed by atoms with Crippen LogP contribution < -0.4 is 10.1 Å². The van der Waals surface area contributed by atoms with Crippen molar-refractivity contribution in [3.8, 4) is 5.75 Å². The van der Waals surface area contributed by atoms with Crippen LogP contribution in [0.1, 0.15) is 18.4 Å². The molecule has 0 saturated carbocycles. The average Bonchev–Trinajstić information content (AvgIpc) is 2.70. The Morgan fingerprint density at radius 3 is 2.36 bits per heavy atom. The number of carbonyl (C=O) groups excluding carboxylic acids is 1. The van der Waals surface area contributed by atoms with Gasteiger partial charge in [0.05, 0.1) is 22.7 Å². The number of carbonyl (C=O) groups is 1. The molecule has 0 atom stereocenters. The van der Waals surface area contributed by atoms with Gasteiger partial charge in [0.25, 0.3) is 0 Å². The van der Waals surface area contributed by atoms with Crippen LogP contribution in [0.4, 0.5) is 5.69 Å². The number of hydrogen-bond donors (Lipinski definition) is 1. The molecule has 1 heterocycles. The lowest BCUT2D eigenvalue weighted by atomic mass is 9.97. The van der Waals surface area contributed by atoms with Gasteiger partial charge in [-0.15, -0.1) is 0 Å². The number of piperidine rings is 1. The fourth-order valence-corrected chi connectivity index (χ4v) is 4.96. The van der Waals surface area contributed by atoms with E-state index < -0.39 is 10.0 Å². The van der Waals surface area contributed by atoms with E-state index in [0.29, 0.717) is 42.4 Å². The lowest BCUT2D eigenvalue weighted by molar-refractivity contribution is -0.120. The molecular weight excluding hydrogens is 400 g/mol. The van der Waals surface area contributed by atoms with Crippen molar-refractivity contribution in [2.75, 3.05) is 25.5 Å². The fourth-order valence-electron chi connectivity index (χ4n) is 3.21. The molecular formula is C20H23ClN2O4S. The minimum Gasteiger partial charge on any atom is -0.497 e. The number of benzene rings is 2. The van der Waals surface area contributed by atoms with Crippen molar-refractivity contribution in [1.82, 2.24) is 4.31 Å². The number of nitrogens with one attached hydrogen (secondary N) is 1. The largest absolute Gasteiger partial charge is 0.497 e. The summed E-state index contributed by atoms with van der Waals surface area (Å²) in [5, 5.41) is 3.35. The second kappa shape index (κ2) is 8.51. The van der Waals surface area contributed by atoms with E-state index in [1.165, 1.54) is 23.5 Å². The number of ether oxygens (including phenoxy) is 1. The maximum Gasteiger partial charge on any atom is 0.243 e. The number of rotatable bonds is 5. The Morgan fingerprint density at radius 1 is 1.14 bits per heavy atom. The van der Waals surface area contributed by atoms with Gasteiger partial charge in [0.15, 0.2) is 0 Å². The van der Waals surface area contributed by atoms with Crippen molar-refractivity contribution in [2.24, 2.45) is 5.92 Å². The molecule has 0 aromatic heterocycles. The molecule has 3 rings (SSSR count). The van der Waals surface area contributed by atoms with Gasteiger partial charge in [-0.25, -0.2) is 8.42 Å². The molecule has 28 heavy (non-hydrogen) atoms. The van der Waals surface area contributed by atoms with E-state index in [9.17, 15) is 13.2 Å². The van der Waals surface area contributed by atoms with Gasteiger partial charge >= 0.3 is 0 Å². The molecule has 0 spiro atoms. The highest BCUT2D eigenvalue weighted by Crippen LogP contribution is 2.28. The maximum atomic E-state index is 12.8. The zero-order chi connectivity index (χ0) is 20.3.